The van der Waals surface area contributed by atoms with Crippen LogP contribution >= 0.6 is 0 Å². The van der Waals surface area contributed by atoms with E-state index in [1.165, 1.54) is 4.90 Å². The molecule has 2 N–H and O–H groups in total. The van der Waals surface area contributed by atoms with Crippen LogP contribution in [0.25, 0.3) is 0 Å². The molecule has 0 aliphatic rings. The van der Waals surface area contributed by atoms with Crippen molar-refractivity contribution in [2.45, 2.75) is 25.8 Å². The van der Waals surface area contributed by atoms with Gasteiger partial charge in [-0.15, -0.1) is 0 Å². The van der Waals surface area contributed by atoms with E-state index in [4.69, 9.17) is 15.5 Å². The monoisotopic (exact) mass is 214 g/mol. The van der Waals surface area contributed by atoms with Crippen molar-refractivity contribution in [1.29, 1.82) is 5.26 Å². The maximum Gasteiger partial charge on any atom is 0.320 e. The summed E-state index contributed by atoms with van der Waals surface area (Å²) in [4.78, 5) is 22.5. The van der Waals surface area contributed by atoms with Crippen LogP contribution in [0.2, 0.25) is 0 Å². The number of carbonyl (C=O) groups is 2. The first kappa shape index (κ1) is 13.4. The highest BCUT2D eigenvalue weighted by atomic mass is 16.4. The van der Waals surface area contributed by atoms with Gasteiger partial charge >= 0.3 is 11.9 Å². The minimum atomic E-state index is -1.03. The molecule has 0 fully saturated rings. The molecule has 0 spiro atoms. The van der Waals surface area contributed by atoms with Gasteiger partial charge in [-0.25, -0.2) is 0 Å². The van der Waals surface area contributed by atoms with Crippen LogP contribution in [0, 0.1) is 11.3 Å². The minimum Gasteiger partial charge on any atom is -0.481 e. The number of nitrogens with zero attached hydrogens (tertiary/aromatic N) is 2. The molecular formula is C9H14N2O4. The van der Waals surface area contributed by atoms with Crippen LogP contribution in [0.1, 0.15) is 19.8 Å². The summed E-state index contributed by atoms with van der Waals surface area (Å²) in [5.41, 5.74) is 0. The van der Waals surface area contributed by atoms with E-state index in [1.807, 2.05) is 6.07 Å². The zero-order valence-corrected chi connectivity index (χ0v) is 8.51. The number of carboxylic acid groups (broad SMARTS) is 2. The summed E-state index contributed by atoms with van der Waals surface area (Å²) in [6.07, 6.45) is 0.183. The zero-order chi connectivity index (χ0) is 11.8. The van der Waals surface area contributed by atoms with Gasteiger partial charge in [-0.05, 0) is 6.42 Å². The lowest BCUT2D eigenvalue weighted by Crippen LogP contribution is -2.42. The molecule has 6 heteroatoms. The van der Waals surface area contributed by atoms with Crippen LogP contribution in [0.15, 0.2) is 0 Å². The molecule has 0 aliphatic heterocycles. The number of aliphatic carboxylic acids is 2. The molecule has 6 nitrogen and oxygen atoms in total. The van der Waals surface area contributed by atoms with E-state index in [0.717, 1.165) is 0 Å². The fourth-order valence-corrected chi connectivity index (χ4v) is 1.26. The normalized spacial score (nSPS) is 12.1. The van der Waals surface area contributed by atoms with E-state index in [1.54, 1.807) is 6.92 Å². The Hall–Kier alpha value is -1.61. The first-order valence-corrected chi connectivity index (χ1v) is 4.58. The molecule has 0 bridgehead atoms. The number of nitriles is 1. The van der Waals surface area contributed by atoms with Crippen molar-refractivity contribution in [3.05, 3.63) is 0 Å². The average Bonchev–Trinajstić information content (AvgIpc) is 2.14. The first-order chi connectivity index (χ1) is 7.02. The van der Waals surface area contributed by atoms with Crippen LogP contribution in [-0.4, -0.2) is 46.2 Å². The van der Waals surface area contributed by atoms with Crippen molar-refractivity contribution >= 4 is 11.9 Å². The molecule has 0 saturated carbocycles. The summed E-state index contributed by atoms with van der Waals surface area (Å²) in [7, 11) is 0. The zero-order valence-electron chi connectivity index (χ0n) is 8.51. The molecule has 0 rings (SSSR count). The van der Waals surface area contributed by atoms with Gasteiger partial charge < -0.3 is 10.2 Å². The number of hydrogen-bond donors (Lipinski definition) is 2. The van der Waals surface area contributed by atoms with Crippen LogP contribution in [0.4, 0.5) is 0 Å². The van der Waals surface area contributed by atoms with Crippen LogP contribution in [-0.2, 0) is 9.59 Å². The van der Waals surface area contributed by atoms with Gasteiger partial charge in [0.05, 0.1) is 19.0 Å². The van der Waals surface area contributed by atoms with Gasteiger partial charge in [-0.3, -0.25) is 14.5 Å². The SMILES string of the molecule is CCC(C(=O)O)N(CC#N)CCC(=O)O. The Morgan fingerprint density at radius 3 is 2.40 bits per heavy atom. The quantitative estimate of drug-likeness (QED) is 0.585. The molecule has 84 valence electrons. The average molecular weight is 214 g/mol. The molecule has 0 aromatic carbocycles. The third-order valence-electron chi connectivity index (χ3n) is 2.00. The highest BCUT2D eigenvalue weighted by Crippen LogP contribution is 2.05. The Labute approximate surface area is 87.7 Å². The Morgan fingerprint density at radius 2 is 2.07 bits per heavy atom. The van der Waals surface area contributed by atoms with Crippen molar-refractivity contribution in [1.82, 2.24) is 4.90 Å². The highest BCUT2D eigenvalue weighted by Gasteiger charge is 2.23. The molecule has 0 aromatic rings. The lowest BCUT2D eigenvalue weighted by Gasteiger charge is -2.24. The summed E-state index contributed by atoms with van der Waals surface area (Å²) in [5, 5.41) is 25.8. The molecule has 0 heterocycles. The summed E-state index contributed by atoms with van der Waals surface area (Å²) in [6.45, 7) is 1.69. The van der Waals surface area contributed by atoms with Gasteiger partial charge in [0.1, 0.15) is 6.04 Å². The van der Waals surface area contributed by atoms with E-state index < -0.39 is 18.0 Å². The summed E-state index contributed by atoms with van der Waals surface area (Å²) in [5.74, 6) is -2.03. The summed E-state index contributed by atoms with van der Waals surface area (Å²) >= 11 is 0. The number of carboxylic acids is 2. The van der Waals surface area contributed by atoms with Gasteiger partial charge in [0.15, 0.2) is 0 Å². The van der Waals surface area contributed by atoms with Crippen molar-refractivity contribution in [3.63, 3.8) is 0 Å². The molecule has 0 radical (unpaired) electrons. The second-order valence-electron chi connectivity index (χ2n) is 3.03. The van der Waals surface area contributed by atoms with E-state index in [-0.39, 0.29) is 19.5 Å². The lowest BCUT2D eigenvalue weighted by atomic mass is 10.2. The molecule has 0 saturated heterocycles. The lowest BCUT2D eigenvalue weighted by molar-refractivity contribution is -0.145. The fraction of sp³-hybridized carbons (Fsp3) is 0.667. The number of rotatable bonds is 7. The van der Waals surface area contributed by atoms with Crippen molar-refractivity contribution in [2.24, 2.45) is 0 Å². The predicted molar refractivity (Wildman–Crippen MR) is 51.2 cm³/mol. The smallest absolute Gasteiger partial charge is 0.320 e. The molecule has 15 heavy (non-hydrogen) atoms. The number of hydrogen-bond acceptors (Lipinski definition) is 4. The molecular weight excluding hydrogens is 200 g/mol. The largest absolute Gasteiger partial charge is 0.481 e. The third-order valence-corrected chi connectivity index (χ3v) is 2.00. The molecule has 0 aliphatic carbocycles. The molecule has 0 amide bonds. The van der Waals surface area contributed by atoms with Crippen molar-refractivity contribution < 1.29 is 19.8 Å². The van der Waals surface area contributed by atoms with Gasteiger partial charge in [0.25, 0.3) is 0 Å². The van der Waals surface area contributed by atoms with E-state index >= 15 is 0 Å². The van der Waals surface area contributed by atoms with Crippen LogP contribution in [0.3, 0.4) is 0 Å². The second-order valence-corrected chi connectivity index (χ2v) is 3.03. The molecule has 0 aromatic heterocycles. The van der Waals surface area contributed by atoms with Gasteiger partial charge in [0, 0.05) is 6.54 Å². The maximum atomic E-state index is 10.8. The Morgan fingerprint density at radius 1 is 1.47 bits per heavy atom. The maximum absolute atomic E-state index is 10.8. The predicted octanol–water partition coefficient (Wildman–Crippen LogP) is 0.150. The van der Waals surface area contributed by atoms with E-state index in [2.05, 4.69) is 0 Å². The minimum absolute atomic E-state index is 0.0713. The Bertz CT molecular complexity index is 272. The van der Waals surface area contributed by atoms with Gasteiger partial charge in [0.2, 0.25) is 0 Å². The summed E-state index contributed by atoms with van der Waals surface area (Å²) in [6, 6.07) is 1.04. The van der Waals surface area contributed by atoms with Crippen molar-refractivity contribution in [3.8, 4) is 6.07 Å². The highest BCUT2D eigenvalue weighted by molar-refractivity contribution is 5.73. The van der Waals surface area contributed by atoms with Crippen LogP contribution in [0.5, 0.6) is 0 Å². The van der Waals surface area contributed by atoms with Crippen molar-refractivity contribution in [2.75, 3.05) is 13.1 Å². The third kappa shape index (κ3) is 4.98. The fourth-order valence-electron chi connectivity index (χ4n) is 1.26. The molecule has 1 atom stereocenters. The van der Waals surface area contributed by atoms with Gasteiger partial charge in [-0.1, -0.05) is 6.92 Å². The van der Waals surface area contributed by atoms with E-state index in [0.29, 0.717) is 6.42 Å². The Balaban J connectivity index is 4.41. The van der Waals surface area contributed by atoms with Gasteiger partial charge in [-0.2, -0.15) is 5.26 Å². The Kier molecular flexibility index (Phi) is 6.06. The topological polar surface area (TPSA) is 102 Å². The second kappa shape index (κ2) is 6.79. The van der Waals surface area contributed by atoms with Crippen LogP contribution < -0.4 is 0 Å². The molecule has 1 unspecified atom stereocenters. The standard InChI is InChI=1S/C9H14N2O4/c1-2-7(9(14)15)11(6-4-10)5-3-8(12)13/h7H,2-3,5-6H2,1H3,(H,12,13)(H,14,15). The van der Waals surface area contributed by atoms with E-state index in [9.17, 15) is 9.59 Å². The summed E-state index contributed by atoms with van der Waals surface area (Å²) < 4.78 is 0. The first-order valence-electron chi connectivity index (χ1n) is 4.58.